The lowest BCUT2D eigenvalue weighted by Crippen LogP contribution is -2.11. The summed E-state index contributed by atoms with van der Waals surface area (Å²) < 4.78 is 2.34. The molecule has 0 radical (unpaired) electrons. The van der Waals surface area contributed by atoms with Crippen LogP contribution in [0.4, 0.5) is 0 Å². The fourth-order valence-corrected chi connectivity index (χ4v) is 2.43. The molecule has 0 bridgehead atoms. The van der Waals surface area contributed by atoms with Crippen LogP contribution < -0.4 is 5.32 Å². The predicted molar refractivity (Wildman–Crippen MR) is 84.4 cm³/mol. The molecule has 1 N–H and O–H groups in total. The van der Waals surface area contributed by atoms with Gasteiger partial charge in [0.25, 0.3) is 0 Å². The summed E-state index contributed by atoms with van der Waals surface area (Å²) >= 11 is 0. The van der Waals surface area contributed by atoms with Crippen molar-refractivity contribution in [2.75, 3.05) is 6.54 Å². The standard InChI is InChI=1S/C17H32N2/c1-3-5-6-7-8-9-10-11-13-19-14-12-17(16-19)15-18-4-2/h12,14,16,18H,3-11,13,15H2,1-2H3. The Kier molecular flexibility index (Phi) is 9.52. The van der Waals surface area contributed by atoms with Gasteiger partial charge in [-0.1, -0.05) is 58.8 Å². The van der Waals surface area contributed by atoms with E-state index in [0.717, 1.165) is 13.1 Å². The van der Waals surface area contributed by atoms with Gasteiger partial charge in [0, 0.05) is 25.5 Å². The van der Waals surface area contributed by atoms with Crippen LogP contribution in [0.1, 0.15) is 70.8 Å². The van der Waals surface area contributed by atoms with E-state index in [1.165, 1.54) is 63.5 Å². The zero-order valence-electron chi connectivity index (χ0n) is 13.0. The molecule has 1 aromatic rings. The molecule has 0 aliphatic heterocycles. The molecule has 0 saturated carbocycles. The summed E-state index contributed by atoms with van der Waals surface area (Å²) in [6.45, 7) is 7.66. The summed E-state index contributed by atoms with van der Waals surface area (Å²) in [5.41, 5.74) is 1.40. The van der Waals surface area contributed by atoms with E-state index < -0.39 is 0 Å². The van der Waals surface area contributed by atoms with E-state index in [9.17, 15) is 0 Å². The lowest BCUT2D eigenvalue weighted by Gasteiger charge is -2.03. The lowest BCUT2D eigenvalue weighted by molar-refractivity contribution is 0.544. The first-order valence-electron chi connectivity index (χ1n) is 8.22. The van der Waals surface area contributed by atoms with E-state index in [-0.39, 0.29) is 0 Å². The second-order valence-corrected chi connectivity index (χ2v) is 5.51. The van der Waals surface area contributed by atoms with Gasteiger partial charge in [0.15, 0.2) is 0 Å². The van der Waals surface area contributed by atoms with Crippen molar-refractivity contribution >= 4 is 0 Å². The van der Waals surface area contributed by atoms with Gasteiger partial charge in [-0.3, -0.25) is 0 Å². The highest BCUT2D eigenvalue weighted by Gasteiger charge is 1.96. The zero-order valence-corrected chi connectivity index (χ0v) is 13.0. The van der Waals surface area contributed by atoms with Crippen LogP contribution in [0.2, 0.25) is 0 Å². The second-order valence-electron chi connectivity index (χ2n) is 5.51. The van der Waals surface area contributed by atoms with Gasteiger partial charge in [0.05, 0.1) is 0 Å². The van der Waals surface area contributed by atoms with Crippen LogP contribution in [0.3, 0.4) is 0 Å². The van der Waals surface area contributed by atoms with Crippen molar-refractivity contribution in [2.45, 2.75) is 78.3 Å². The maximum atomic E-state index is 3.37. The van der Waals surface area contributed by atoms with Gasteiger partial charge in [0.1, 0.15) is 0 Å². The van der Waals surface area contributed by atoms with Crippen molar-refractivity contribution in [3.63, 3.8) is 0 Å². The zero-order chi connectivity index (χ0) is 13.8. The number of aromatic nitrogens is 1. The summed E-state index contributed by atoms with van der Waals surface area (Å²) in [6.07, 6.45) is 15.7. The molecule has 1 rings (SSSR count). The van der Waals surface area contributed by atoms with Gasteiger partial charge in [-0.05, 0) is 24.6 Å². The van der Waals surface area contributed by atoms with Crippen molar-refractivity contribution in [2.24, 2.45) is 0 Å². The SMILES string of the molecule is CCCCCCCCCCn1ccc(CNCC)c1. The van der Waals surface area contributed by atoms with Crippen molar-refractivity contribution in [1.82, 2.24) is 9.88 Å². The van der Waals surface area contributed by atoms with Gasteiger partial charge in [-0.25, -0.2) is 0 Å². The van der Waals surface area contributed by atoms with Gasteiger partial charge in [0.2, 0.25) is 0 Å². The number of unbranched alkanes of at least 4 members (excludes halogenated alkanes) is 7. The summed E-state index contributed by atoms with van der Waals surface area (Å²) in [6, 6.07) is 2.23. The number of aryl methyl sites for hydroxylation is 1. The van der Waals surface area contributed by atoms with E-state index in [0.29, 0.717) is 0 Å². The molecule has 0 unspecified atom stereocenters. The number of nitrogens with zero attached hydrogens (tertiary/aromatic N) is 1. The molecular weight excluding hydrogens is 232 g/mol. The van der Waals surface area contributed by atoms with Gasteiger partial charge < -0.3 is 9.88 Å². The molecule has 0 aromatic carbocycles. The number of hydrogen-bond donors (Lipinski definition) is 1. The third-order valence-electron chi connectivity index (χ3n) is 3.66. The second kappa shape index (κ2) is 11.1. The Hall–Kier alpha value is -0.760. The molecule has 0 amide bonds. The minimum Gasteiger partial charge on any atom is -0.354 e. The molecule has 0 aliphatic rings. The minimum absolute atomic E-state index is 1.00. The summed E-state index contributed by atoms with van der Waals surface area (Å²) in [5, 5.41) is 3.37. The third-order valence-corrected chi connectivity index (χ3v) is 3.66. The molecule has 19 heavy (non-hydrogen) atoms. The van der Waals surface area contributed by atoms with Crippen LogP contribution in [0.15, 0.2) is 18.5 Å². The monoisotopic (exact) mass is 264 g/mol. The van der Waals surface area contributed by atoms with Gasteiger partial charge in [-0.15, -0.1) is 0 Å². The lowest BCUT2D eigenvalue weighted by atomic mass is 10.1. The molecule has 0 spiro atoms. The molecule has 2 heteroatoms. The molecule has 2 nitrogen and oxygen atoms in total. The van der Waals surface area contributed by atoms with E-state index in [1.54, 1.807) is 0 Å². The highest BCUT2D eigenvalue weighted by atomic mass is 14.9. The summed E-state index contributed by atoms with van der Waals surface area (Å²) in [5.74, 6) is 0. The summed E-state index contributed by atoms with van der Waals surface area (Å²) in [4.78, 5) is 0. The smallest absolute Gasteiger partial charge is 0.0220 e. The minimum atomic E-state index is 1.00. The largest absolute Gasteiger partial charge is 0.354 e. The maximum Gasteiger partial charge on any atom is 0.0220 e. The Labute approximate surface area is 119 Å². The first-order valence-corrected chi connectivity index (χ1v) is 8.22. The summed E-state index contributed by atoms with van der Waals surface area (Å²) in [7, 11) is 0. The molecule has 0 aliphatic carbocycles. The average Bonchev–Trinajstić information content (AvgIpc) is 2.87. The molecule has 0 saturated heterocycles. The van der Waals surface area contributed by atoms with Gasteiger partial charge >= 0.3 is 0 Å². The fraction of sp³-hybridized carbons (Fsp3) is 0.765. The van der Waals surface area contributed by atoms with Crippen LogP contribution in [-0.2, 0) is 13.1 Å². The molecule has 1 aromatic heterocycles. The van der Waals surface area contributed by atoms with E-state index in [1.807, 2.05) is 0 Å². The van der Waals surface area contributed by atoms with Crippen LogP contribution in [-0.4, -0.2) is 11.1 Å². The number of nitrogens with one attached hydrogen (secondary N) is 1. The molecule has 110 valence electrons. The highest BCUT2D eigenvalue weighted by molar-refractivity contribution is 5.09. The first-order chi connectivity index (χ1) is 9.36. The molecular formula is C17H32N2. The Balaban J connectivity index is 1.98. The van der Waals surface area contributed by atoms with Crippen LogP contribution in [0.25, 0.3) is 0 Å². The topological polar surface area (TPSA) is 17.0 Å². The number of rotatable bonds is 12. The molecule has 0 atom stereocenters. The Morgan fingerprint density at radius 1 is 0.947 bits per heavy atom. The van der Waals surface area contributed by atoms with Crippen molar-refractivity contribution in [1.29, 1.82) is 0 Å². The Bertz CT molecular complexity index is 304. The predicted octanol–water partition coefficient (Wildman–Crippen LogP) is 4.74. The highest BCUT2D eigenvalue weighted by Crippen LogP contribution is 2.09. The quantitative estimate of drug-likeness (QED) is 0.540. The first kappa shape index (κ1) is 16.3. The fourth-order valence-electron chi connectivity index (χ4n) is 2.43. The maximum absolute atomic E-state index is 3.37. The van der Waals surface area contributed by atoms with E-state index >= 15 is 0 Å². The Morgan fingerprint density at radius 3 is 2.32 bits per heavy atom. The van der Waals surface area contributed by atoms with Crippen LogP contribution in [0, 0.1) is 0 Å². The van der Waals surface area contributed by atoms with Crippen LogP contribution >= 0.6 is 0 Å². The van der Waals surface area contributed by atoms with Crippen LogP contribution in [0.5, 0.6) is 0 Å². The van der Waals surface area contributed by atoms with Crippen molar-refractivity contribution in [3.8, 4) is 0 Å². The van der Waals surface area contributed by atoms with Gasteiger partial charge in [-0.2, -0.15) is 0 Å². The molecule has 1 heterocycles. The Morgan fingerprint density at radius 2 is 1.63 bits per heavy atom. The number of hydrogen-bond acceptors (Lipinski definition) is 1. The normalized spacial score (nSPS) is 11.1. The van der Waals surface area contributed by atoms with Crippen molar-refractivity contribution < 1.29 is 0 Å². The van der Waals surface area contributed by atoms with E-state index in [2.05, 4.69) is 42.2 Å². The molecule has 0 fully saturated rings. The third kappa shape index (κ3) is 8.10. The average molecular weight is 264 g/mol. The van der Waals surface area contributed by atoms with E-state index in [4.69, 9.17) is 0 Å². The van der Waals surface area contributed by atoms with Crippen molar-refractivity contribution in [3.05, 3.63) is 24.0 Å².